The molecule has 0 amide bonds. The fourth-order valence-electron chi connectivity index (χ4n) is 1.75. The quantitative estimate of drug-likeness (QED) is 0.757. The molecule has 1 aliphatic carbocycles. The van der Waals surface area contributed by atoms with Gasteiger partial charge < -0.3 is 9.88 Å². The third-order valence-electron chi connectivity index (χ3n) is 3.20. The molecule has 1 heterocycles. The highest BCUT2D eigenvalue weighted by atomic mass is 15.0. The van der Waals surface area contributed by atoms with E-state index in [4.69, 9.17) is 0 Å². The molecule has 2 heteroatoms. The summed E-state index contributed by atoms with van der Waals surface area (Å²) in [5.41, 5.74) is 1.42. The maximum absolute atomic E-state index is 3.54. The Labute approximate surface area is 92.7 Å². The lowest BCUT2D eigenvalue weighted by Crippen LogP contribution is -2.14. The molecule has 15 heavy (non-hydrogen) atoms. The first kappa shape index (κ1) is 10.7. The number of nitrogens with zero attached hydrogens (tertiary/aromatic N) is 1. The zero-order chi connectivity index (χ0) is 10.7. The highest BCUT2D eigenvalue weighted by Crippen LogP contribution is 2.19. The molecule has 1 aliphatic rings. The van der Waals surface area contributed by atoms with Crippen LogP contribution in [0.3, 0.4) is 0 Å². The van der Waals surface area contributed by atoms with Crippen LogP contribution in [0, 0.1) is 5.92 Å². The van der Waals surface area contributed by atoms with Crippen molar-refractivity contribution < 1.29 is 0 Å². The second-order valence-corrected chi connectivity index (χ2v) is 4.89. The van der Waals surface area contributed by atoms with Crippen LogP contribution in [0.5, 0.6) is 0 Å². The minimum absolute atomic E-state index is 0.779. The van der Waals surface area contributed by atoms with Gasteiger partial charge in [0.05, 0.1) is 0 Å². The third kappa shape index (κ3) is 3.38. The van der Waals surface area contributed by atoms with Crippen molar-refractivity contribution in [1.29, 1.82) is 0 Å². The topological polar surface area (TPSA) is 17.0 Å². The molecular formula is C13H22N2. The Kier molecular flexibility index (Phi) is 3.47. The Hall–Kier alpha value is -0.760. The van der Waals surface area contributed by atoms with Crippen molar-refractivity contribution in [2.24, 2.45) is 5.92 Å². The van der Waals surface area contributed by atoms with Crippen LogP contribution in [-0.4, -0.2) is 10.6 Å². The molecule has 84 valence electrons. The van der Waals surface area contributed by atoms with E-state index >= 15 is 0 Å². The smallest absolute Gasteiger partial charge is 0.0245 e. The van der Waals surface area contributed by atoms with E-state index in [0.717, 1.165) is 25.0 Å². The van der Waals surface area contributed by atoms with Crippen molar-refractivity contribution in [3.05, 3.63) is 24.0 Å². The van der Waals surface area contributed by atoms with E-state index in [-0.39, 0.29) is 0 Å². The van der Waals surface area contributed by atoms with Gasteiger partial charge in [-0.3, -0.25) is 0 Å². The predicted molar refractivity (Wildman–Crippen MR) is 63.7 cm³/mol. The van der Waals surface area contributed by atoms with Gasteiger partial charge in [0.2, 0.25) is 0 Å². The summed E-state index contributed by atoms with van der Waals surface area (Å²) in [7, 11) is 0. The summed E-state index contributed by atoms with van der Waals surface area (Å²) in [6, 6.07) is 3.04. The van der Waals surface area contributed by atoms with Gasteiger partial charge in [-0.2, -0.15) is 0 Å². The third-order valence-corrected chi connectivity index (χ3v) is 3.20. The lowest BCUT2D eigenvalue weighted by atomic mass is 10.1. The second kappa shape index (κ2) is 4.84. The van der Waals surface area contributed by atoms with Gasteiger partial charge in [0, 0.05) is 31.5 Å². The molecule has 1 unspecified atom stereocenters. The summed E-state index contributed by atoms with van der Waals surface area (Å²) in [6.45, 7) is 6.75. The van der Waals surface area contributed by atoms with Crippen molar-refractivity contribution in [3.63, 3.8) is 0 Å². The van der Waals surface area contributed by atoms with E-state index in [1.54, 1.807) is 0 Å². The SMILES string of the molecule is CCC(C)Cn1ccc(CNC2CC2)c1. The van der Waals surface area contributed by atoms with E-state index < -0.39 is 0 Å². The van der Waals surface area contributed by atoms with Gasteiger partial charge in [-0.1, -0.05) is 20.3 Å². The lowest BCUT2D eigenvalue weighted by molar-refractivity contribution is 0.469. The Morgan fingerprint density at radius 3 is 3.00 bits per heavy atom. The molecule has 0 bridgehead atoms. The molecule has 2 rings (SSSR count). The normalized spacial score (nSPS) is 18.0. The van der Waals surface area contributed by atoms with Crippen molar-refractivity contribution in [2.75, 3.05) is 0 Å². The van der Waals surface area contributed by atoms with Crippen molar-refractivity contribution in [2.45, 2.75) is 52.2 Å². The number of hydrogen-bond donors (Lipinski definition) is 1. The van der Waals surface area contributed by atoms with E-state index in [0.29, 0.717) is 0 Å². The van der Waals surface area contributed by atoms with Crippen molar-refractivity contribution in [1.82, 2.24) is 9.88 Å². The molecular weight excluding hydrogens is 184 g/mol. The minimum atomic E-state index is 0.779. The summed E-state index contributed by atoms with van der Waals surface area (Å²) in [6.07, 6.45) is 8.48. The summed E-state index contributed by atoms with van der Waals surface area (Å²) in [4.78, 5) is 0. The standard InChI is InChI=1S/C13H22N2/c1-3-11(2)9-15-7-6-12(10-15)8-14-13-4-5-13/h6-7,10-11,13-14H,3-5,8-9H2,1-2H3. The molecule has 0 saturated heterocycles. The maximum Gasteiger partial charge on any atom is 0.0245 e. The summed E-state index contributed by atoms with van der Waals surface area (Å²) in [5.74, 6) is 0.779. The molecule has 1 aromatic rings. The fraction of sp³-hybridized carbons (Fsp3) is 0.692. The van der Waals surface area contributed by atoms with Gasteiger partial charge in [0.15, 0.2) is 0 Å². The van der Waals surface area contributed by atoms with E-state index in [2.05, 4.69) is 42.2 Å². The Morgan fingerprint density at radius 2 is 2.33 bits per heavy atom. The van der Waals surface area contributed by atoms with Crippen molar-refractivity contribution >= 4 is 0 Å². The number of nitrogens with one attached hydrogen (secondary N) is 1. The van der Waals surface area contributed by atoms with E-state index in [1.165, 1.54) is 24.8 Å². The fourth-order valence-corrected chi connectivity index (χ4v) is 1.75. The minimum Gasteiger partial charge on any atom is -0.354 e. The van der Waals surface area contributed by atoms with E-state index in [9.17, 15) is 0 Å². The molecule has 1 aromatic heterocycles. The zero-order valence-corrected chi connectivity index (χ0v) is 9.87. The number of aromatic nitrogens is 1. The molecule has 1 fully saturated rings. The molecule has 1 saturated carbocycles. The van der Waals surface area contributed by atoms with Crippen LogP contribution in [0.2, 0.25) is 0 Å². The Bertz CT molecular complexity index is 299. The van der Waals surface area contributed by atoms with Crippen LogP contribution in [-0.2, 0) is 13.1 Å². The molecule has 0 radical (unpaired) electrons. The molecule has 0 spiro atoms. The van der Waals surface area contributed by atoms with Gasteiger partial charge in [-0.05, 0) is 30.4 Å². The largest absolute Gasteiger partial charge is 0.354 e. The van der Waals surface area contributed by atoms with Gasteiger partial charge >= 0.3 is 0 Å². The summed E-state index contributed by atoms with van der Waals surface area (Å²) in [5, 5.41) is 3.54. The highest BCUT2D eigenvalue weighted by molar-refractivity contribution is 5.10. The first-order valence-electron chi connectivity index (χ1n) is 6.16. The molecule has 0 aliphatic heterocycles. The van der Waals surface area contributed by atoms with Gasteiger partial charge in [0.1, 0.15) is 0 Å². The lowest BCUT2D eigenvalue weighted by Gasteiger charge is -2.08. The summed E-state index contributed by atoms with van der Waals surface area (Å²) >= 11 is 0. The van der Waals surface area contributed by atoms with Gasteiger partial charge in [-0.15, -0.1) is 0 Å². The highest BCUT2D eigenvalue weighted by Gasteiger charge is 2.19. The Balaban J connectivity index is 1.79. The molecule has 1 N–H and O–H groups in total. The van der Waals surface area contributed by atoms with Crippen LogP contribution in [0.25, 0.3) is 0 Å². The van der Waals surface area contributed by atoms with Gasteiger partial charge in [0.25, 0.3) is 0 Å². The van der Waals surface area contributed by atoms with Crippen molar-refractivity contribution in [3.8, 4) is 0 Å². The molecule has 0 aromatic carbocycles. The number of hydrogen-bond acceptors (Lipinski definition) is 1. The van der Waals surface area contributed by atoms with Crippen LogP contribution < -0.4 is 5.32 Å². The maximum atomic E-state index is 3.54. The number of rotatable bonds is 6. The molecule has 1 atom stereocenters. The van der Waals surface area contributed by atoms with Crippen LogP contribution in [0.15, 0.2) is 18.5 Å². The predicted octanol–water partition coefficient (Wildman–Crippen LogP) is 2.79. The average Bonchev–Trinajstić information content (AvgIpc) is 2.97. The first-order chi connectivity index (χ1) is 7.28. The average molecular weight is 206 g/mol. The van der Waals surface area contributed by atoms with Gasteiger partial charge in [-0.25, -0.2) is 0 Å². The summed E-state index contributed by atoms with van der Waals surface area (Å²) < 4.78 is 2.32. The Morgan fingerprint density at radius 1 is 1.53 bits per heavy atom. The molecule has 2 nitrogen and oxygen atoms in total. The van der Waals surface area contributed by atoms with Crippen LogP contribution in [0.4, 0.5) is 0 Å². The van der Waals surface area contributed by atoms with E-state index in [1.807, 2.05) is 0 Å². The zero-order valence-electron chi connectivity index (χ0n) is 9.87. The van der Waals surface area contributed by atoms with Crippen LogP contribution in [0.1, 0.15) is 38.7 Å². The van der Waals surface area contributed by atoms with Crippen LogP contribution >= 0.6 is 0 Å². The monoisotopic (exact) mass is 206 g/mol. The second-order valence-electron chi connectivity index (χ2n) is 4.89. The first-order valence-corrected chi connectivity index (χ1v) is 6.16.